The summed E-state index contributed by atoms with van der Waals surface area (Å²) in [6.07, 6.45) is 3.29. The van der Waals surface area contributed by atoms with E-state index >= 15 is 0 Å². The van der Waals surface area contributed by atoms with Gasteiger partial charge in [-0.25, -0.2) is 4.79 Å². The van der Waals surface area contributed by atoms with Crippen LogP contribution in [0.25, 0.3) is 0 Å². The van der Waals surface area contributed by atoms with Crippen LogP contribution in [0.5, 0.6) is 0 Å². The smallest absolute Gasteiger partial charge is 0.329 e. The van der Waals surface area contributed by atoms with E-state index in [2.05, 4.69) is 4.98 Å². The number of aromatic nitrogens is 2. The lowest BCUT2D eigenvalue weighted by molar-refractivity contribution is -0.140. The molecule has 0 bridgehead atoms. The van der Waals surface area contributed by atoms with Gasteiger partial charge in [0.15, 0.2) is 0 Å². The van der Waals surface area contributed by atoms with Gasteiger partial charge in [0.1, 0.15) is 6.61 Å². The number of hydrogen-bond acceptors (Lipinski definition) is 5. The molecule has 2 atom stereocenters. The summed E-state index contributed by atoms with van der Waals surface area (Å²) >= 11 is 1.60. The molecule has 1 N–H and O–H groups in total. The van der Waals surface area contributed by atoms with Crippen molar-refractivity contribution in [3.8, 4) is 0 Å². The number of rotatable bonds is 3. The van der Waals surface area contributed by atoms with E-state index in [1.54, 1.807) is 29.4 Å². The highest BCUT2D eigenvalue weighted by atomic mass is 32.2. The van der Waals surface area contributed by atoms with Crippen LogP contribution < -0.4 is 11.2 Å². The van der Waals surface area contributed by atoms with Gasteiger partial charge in [-0.3, -0.25) is 19.1 Å². The maximum atomic E-state index is 11.8. The topological polar surface area (TPSA) is 81.2 Å². The summed E-state index contributed by atoms with van der Waals surface area (Å²) < 4.78 is 6.53. The van der Waals surface area contributed by atoms with Gasteiger partial charge >= 0.3 is 11.7 Å². The molecule has 0 amide bonds. The summed E-state index contributed by atoms with van der Waals surface area (Å²) in [5.41, 5.74) is -0.217. The second-order valence-corrected chi connectivity index (χ2v) is 6.05. The quantitative estimate of drug-likeness (QED) is 0.830. The molecule has 0 aromatic carbocycles. The first kappa shape index (κ1) is 13.9. The van der Waals surface area contributed by atoms with Crippen molar-refractivity contribution in [3.63, 3.8) is 0 Å². The maximum Gasteiger partial charge on any atom is 0.329 e. The van der Waals surface area contributed by atoms with Gasteiger partial charge in [-0.1, -0.05) is 0 Å². The average Bonchev–Trinajstić information content (AvgIpc) is 2.80. The Morgan fingerprint density at radius 3 is 2.95 bits per heavy atom. The molecule has 0 aliphatic carbocycles. The number of H-pyrrole nitrogens is 1. The van der Waals surface area contributed by atoms with Gasteiger partial charge in [0.05, 0.1) is 5.37 Å². The van der Waals surface area contributed by atoms with Crippen molar-refractivity contribution in [1.29, 1.82) is 0 Å². The fraction of sp³-hybridized carbons (Fsp3) is 0.583. The van der Waals surface area contributed by atoms with Crippen LogP contribution in [-0.4, -0.2) is 27.4 Å². The first-order valence-corrected chi connectivity index (χ1v) is 7.02. The molecule has 1 saturated heterocycles. The molecule has 6 nitrogen and oxygen atoms in total. The number of aromatic amines is 1. The van der Waals surface area contributed by atoms with Crippen LogP contribution in [0.3, 0.4) is 0 Å². The molecule has 0 saturated carbocycles. The zero-order valence-corrected chi connectivity index (χ0v) is 11.7. The summed E-state index contributed by atoms with van der Waals surface area (Å²) in [7, 11) is 0. The molecule has 19 heavy (non-hydrogen) atoms. The average molecular weight is 284 g/mol. The van der Waals surface area contributed by atoms with Gasteiger partial charge in [-0.2, -0.15) is 0 Å². The largest absolute Gasteiger partial charge is 0.465 e. The third-order valence-corrected chi connectivity index (χ3v) is 4.55. The number of nitrogens with one attached hydrogen (secondary N) is 1. The molecule has 0 radical (unpaired) electrons. The van der Waals surface area contributed by atoms with Crippen LogP contribution in [0.4, 0.5) is 0 Å². The summed E-state index contributed by atoms with van der Waals surface area (Å²) in [5.74, 6) is -0.291. The van der Waals surface area contributed by atoms with Gasteiger partial charge in [-0.05, 0) is 19.8 Å². The minimum atomic E-state index is -0.388. The van der Waals surface area contributed by atoms with Crippen LogP contribution in [0.1, 0.15) is 30.7 Å². The Morgan fingerprint density at radius 1 is 1.53 bits per heavy atom. The normalized spacial score (nSPS) is 22.4. The van der Waals surface area contributed by atoms with E-state index in [4.69, 9.17) is 4.74 Å². The van der Waals surface area contributed by atoms with E-state index in [1.807, 2.05) is 0 Å². The van der Waals surface area contributed by atoms with Gasteiger partial charge < -0.3 is 4.74 Å². The Morgan fingerprint density at radius 2 is 2.26 bits per heavy atom. The number of ether oxygens (including phenoxy) is 1. The first-order chi connectivity index (χ1) is 8.97. The fourth-order valence-electron chi connectivity index (χ4n) is 2.02. The number of aryl methyl sites for hydroxylation is 1. The molecular formula is C12H16N2O4S. The molecular weight excluding hydrogens is 268 g/mol. The van der Waals surface area contributed by atoms with Crippen molar-refractivity contribution in [1.82, 2.24) is 9.55 Å². The fourth-order valence-corrected chi connectivity index (χ4v) is 3.45. The van der Waals surface area contributed by atoms with E-state index in [1.165, 1.54) is 6.92 Å². The Labute approximate surface area is 114 Å². The Bertz CT molecular complexity index is 592. The number of carbonyl (C=O) groups is 1. The Kier molecular flexibility index (Phi) is 4.14. The maximum absolute atomic E-state index is 11.8. The van der Waals surface area contributed by atoms with Crippen LogP contribution in [0.15, 0.2) is 15.8 Å². The number of hydrogen-bond donors (Lipinski definition) is 1. The van der Waals surface area contributed by atoms with Crippen LogP contribution >= 0.6 is 11.8 Å². The highest BCUT2D eigenvalue weighted by Gasteiger charge is 2.28. The van der Waals surface area contributed by atoms with Gasteiger partial charge in [0, 0.05) is 23.9 Å². The van der Waals surface area contributed by atoms with Crippen molar-refractivity contribution in [3.05, 3.63) is 32.6 Å². The summed E-state index contributed by atoms with van der Waals surface area (Å²) in [5, 5.41) is 0.191. The highest BCUT2D eigenvalue weighted by Crippen LogP contribution is 2.40. The van der Waals surface area contributed by atoms with Crippen LogP contribution in [0, 0.1) is 6.92 Å². The van der Waals surface area contributed by atoms with E-state index in [0.717, 1.165) is 12.8 Å². The minimum absolute atomic E-state index is 0.0105. The van der Waals surface area contributed by atoms with Crippen molar-refractivity contribution in [2.75, 3.05) is 6.61 Å². The van der Waals surface area contributed by atoms with Gasteiger partial charge in [0.25, 0.3) is 5.56 Å². The number of thioether (sulfide) groups is 1. The SMILES string of the molecule is CC(=O)OC[C@H]1CC[C@H](n2cc(C)c(=O)[nH]c2=O)S1. The zero-order chi connectivity index (χ0) is 14.0. The lowest BCUT2D eigenvalue weighted by atomic mass is 10.2. The molecule has 1 aliphatic heterocycles. The second kappa shape index (κ2) is 5.64. The van der Waals surface area contributed by atoms with E-state index < -0.39 is 0 Å². The van der Waals surface area contributed by atoms with Crippen molar-refractivity contribution in [2.24, 2.45) is 0 Å². The summed E-state index contributed by atoms with van der Waals surface area (Å²) in [4.78, 5) is 36.1. The summed E-state index contributed by atoms with van der Waals surface area (Å²) in [6, 6.07) is 0. The van der Waals surface area contributed by atoms with Crippen molar-refractivity contribution >= 4 is 17.7 Å². The molecule has 104 valence electrons. The number of esters is 1. The second-order valence-electron chi connectivity index (χ2n) is 4.57. The van der Waals surface area contributed by atoms with Gasteiger partial charge in [-0.15, -0.1) is 11.8 Å². The molecule has 1 fully saturated rings. The lowest BCUT2D eigenvalue weighted by Crippen LogP contribution is -2.31. The minimum Gasteiger partial charge on any atom is -0.465 e. The third kappa shape index (κ3) is 3.28. The molecule has 1 aromatic rings. The van der Waals surface area contributed by atoms with E-state index in [-0.39, 0.29) is 27.8 Å². The number of carbonyl (C=O) groups excluding carboxylic acids is 1. The van der Waals surface area contributed by atoms with Crippen LogP contribution in [-0.2, 0) is 9.53 Å². The Balaban J connectivity index is 2.09. The molecule has 7 heteroatoms. The predicted octanol–water partition coefficient (Wildman–Crippen LogP) is 0.802. The standard InChI is InChI=1S/C12H16N2O4S/c1-7-5-14(12(17)13-11(7)16)10-4-3-9(19-10)6-18-8(2)15/h5,9-10H,3-4,6H2,1-2H3,(H,13,16,17)/t9-,10-/m1/s1. The molecule has 1 aromatic heterocycles. The molecule has 0 spiro atoms. The van der Waals surface area contributed by atoms with Crippen LogP contribution in [0.2, 0.25) is 0 Å². The third-order valence-electron chi connectivity index (χ3n) is 3.01. The van der Waals surface area contributed by atoms with Crippen molar-refractivity contribution < 1.29 is 9.53 Å². The van der Waals surface area contributed by atoms with E-state index in [0.29, 0.717) is 12.2 Å². The lowest BCUT2D eigenvalue weighted by Gasteiger charge is -2.14. The molecule has 2 rings (SSSR count). The molecule has 2 heterocycles. The Hall–Kier alpha value is -1.50. The zero-order valence-electron chi connectivity index (χ0n) is 10.8. The predicted molar refractivity (Wildman–Crippen MR) is 72.3 cm³/mol. The van der Waals surface area contributed by atoms with Gasteiger partial charge in [0.2, 0.25) is 0 Å². The number of nitrogens with zero attached hydrogens (tertiary/aromatic N) is 1. The first-order valence-electron chi connectivity index (χ1n) is 6.08. The summed E-state index contributed by atoms with van der Waals surface area (Å²) in [6.45, 7) is 3.42. The van der Waals surface area contributed by atoms with Crippen molar-refractivity contribution in [2.45, 2.75) is 37.3 Å². The van der Waals surface area contributed by atoms with E-state index in [9.17, 15) is 14.4 Å². The highest BCUT2D eigenvalue weighted by molar-refractivity contribution is 8.00. The molecule has 0 unspecified atom stereocenters. The molecule has 1 aliphatic rings. The monoisotopic (exact) mass is 284 g/mol.